The third-order valence-corrected chi connectivity index (χ3v) is 1.89. The quantitative estimate of drug-likeness (QED) is 0.785. The number of hydrogen-bond donors (Lipinski definition) is 1. The highest BCUT2D eigenvalue weighted by Crippen LogP contribution is 2.18. The normalized spacial score (nSPS) is 10.1. The maximum absolute atomic E-state index is 5.00. The molecule has 0 atom stereocenters. The van der Waals surface area contributed by atoms with E-state index in [1.165, 1.54) is 0 Å². The molecule has 0 saturated carbocycles. The maximum atomic E-state index is 5.00. The first-order valence-corrected chi connectivity index (χ1v) is 4.35. The lowest BCUT2D eigenvalue weighted by Crippen LogP contribution is -1.98. The van der Waals surface area contributed by atoms with Crippen LogP contribution in [-0.4, -0.2) is 17.0 Å². The van der Waals surface area contributed by atoms with Gasteiger partial charge >= 0.3 is 0 Å². The van der Waals surface area contributed by atoms with E-state index < -0.39 is 0 Å². The van der Waals surface area contributed by atoms with Crippen LogP contribution in [0.2, 0.25) is 0 Å². The first kappa shape index (κ1) is 8.74. The lowest BCUT2D eigenvalue weighted by Gasteiger charge is -2.02. The molecule has 0 aromatic carbocycles. The monoisotopic (exact) mass is 189 g/mol. The molecule has 0 amide bonds. The van der Waals surface area contributed by atoms with Gasteiger partial charge in [0.1, 0.15) is 0 Å². The van der Waals surface area contributed by atoms with E-state index in [4.69, 9.17) is 4.42 Å². The van der Waals surface area contributed by atoms with Crippen LogP contribution in [-0.2, 0) is 0 Å². The Morgan fingerprint density at radius 3 is 2.86 bits per heavy atom. The molecule has 4 nitrogen and oxygen atoms in total. The lowest BCUT2D eigenvalue weighted by molar-refractivity contribution is 0.568. The van der Waals surface area contributed by atoms with Crippen LogP contribution in [0.5, 0.6) is 0 Å². The van der Waals surface area contributed by atoms with Crippen LogP contribution in [0.1, 0.15) is 5.69 Å². The molecule has 0 fully saturated rings. The molecule has 2 aromatic heterocycles. The summed E-state index contributed by atoms with van der Waals surface area (Å²) in [5, 5.41) is 2.92. The molecule has 2 aromatic rings. The standard InChI is InChI=1S/C10H11N3O/c1-7-5-9(8-3-4-14-6-8)13-10(11-2)12-7/h3-6H,1-2H3,(H,11,12,13). The zero-order valence-corrected chi connectivity index (χ0v) is 8.11. The summed E-state index contributed by atoms with van der Waals surface area (Å²) in [5.74, 6) is 0.626. The average Bonchev–Trinajstić information content (AvgIpc) is 2.69. The van der Waals surface area contributed by atoms with Crippen molar-refractivity contribution in [1.82, 2.24) is 9.97 Å². The molecular formula is C10H11N3O. The number of furan rings is 1. The number of anilines is 1. The molecule has 0 aliphatic heterocycles. The van der Waals surface area contributed by atoms with Crippen molar-refractivity contribution >= 4 is 5.95 Å². The molecule has 0 radical (unpaired) electrons. The highest BCUT2D eigenvalue weighted by Gasteiger charge is 2.03. The Morgan fingerprint density at radius 2 is 2.21 bits per heavy atom. The van der Waals surface area contributed by atoms with Crippen LogP contribution in [0.3, 0.4) is 0 Å². The fraction of sp³-hybridized carbons (Fsp3) is 0.200. The summed E-state index contributed by atoms with van der Waals surface area (Å²) in [5.41, 5.74) is 2.77. The largest absolute Gasteiger partial charge is 0.472 e. The van der Waals surface area contributed by atoms with Crippen molar-refractivity contribution in [3.8, 4) is 11.3 Å². The Morgan fingerprint density at radius 1 is 1.36 bits per heavy atom. The SMILES string of the molecule is CNc1nc(C)cc(-c2ccoc2)n1. The van der Waals surface area contributed by atoms with Crippen LogP contribution in [0.15, 0.2) is 29.1 Å². The van der Waals surface area contributed by atoms with Gasteiger partial charge < -0.3 is 9.73 Å². The van der Waals surface area contributed by atoms with Gasteiger partial charge in [0.25, 0.3) is 0 Å². The second-order valence-electron chi connectivity index (χ2n) is 2.98. The van der Waals surface area contributed by atoms with Gasteiger partial charge in [-0.05, 0) is 19.1 Å². The average molecular weight is 189 g/mol. The van der Waals surface area contributed by atoms with E-state index in [1.807, 2.05) is 19.1 Å². The van der Waals surface area contributed by atoms with E-state index in [2.05, 4.69) is 15.3 Å². The summed E-state index contributed by atoms with van der Waals surface area (Å²) in [6.07, 6.45) is 3.30. The molecule has 0 aliphatic carbocycles. The Bertz CT molecular complexity index is 423. The molecule has 0 bridgehead atoms. The van der Waals surface area contributed by atoms with Gasteiger partial charge in [-0.15, -0.1) is 0 Å². The van der Waals surface area contributed by atoms with E-state index in [-0.39, 0.29) is 0 Å². The maximum Gasteiger partial charge on any atom is 0.223 e. The van der Waals surface area contributed by atoms with Crippen LogP contribution < -0.4 is 5.32 Å². The van der Waals surface area contributed by atoms with E-state index in [0.29, 0.717) is 5.95 Å². The molecule has 14 heavy (non-hydrogen) atoms. The summed E-state index contributed by atoms with van der Waals surface area (Å²) in [6.45, 7) is 1.94. The first-order valence-electron chi connectivity index (χ1n) is 4.35. The summed E-state index contributed by atoms with van der Waals surface area (Å²) >= 11 is 0. The smallest absolute Gasteiger partial charge is 0.223 e. The second-order valence-corrected chi connectivity index (χ2v) is 2.98. The van der Waals surface area contributed by atoms with Crippen molar-refractivity contribution in [3.63, 3.8) is 0 Å². The Hall–Kier alpha value is -1.84. The number of aromatic nitrogens is 2. The van der Waals surface area contributed by atoms with Gasteiger partial charge in [0.15, 0.2) is 0 Å². The molecule has 2 heterocycles. The fourth-order valence-corrected chi connectivity index (χ4v) is 1.24. The predicted octanol–water partition coefficient (Wildman–Crippen LogP) is 2.09. The summed E-state index contributed by atoms with van der Waals surface area (Å²) < 4.78 is 5.00. The molecular weight excluding hydrogens is 178 g/mol. The molecule has 2 rings (SSSR count). The van der Waals surface area contributed by atoms with Gasteiger partial charge in [-0.3, -0.25) is 0 Å². The van der Waals surface area contributed by atoms with E-state index >= 15 is 0 Å². The predicted molar refractivity (Wildman–Crippen MR) is 54.0 cm³/mol. The molecule has 0 saturated heterocycles. The van der Waals surface area contributed by atoms with Crippen molar-refractivity contribution in [2.45, 2.75) is 6.92 Å². The van der Waals surface area contributed by atoms with Gasteiger partial charge in [0.05, 0.1) is 18.2 Å². The van der Waals surface area contributed by atoms with Gasteiger partial charge in [0.2, 0.25) is 5.95 Å². The van der Waals surface area contributed by atoms with E-state index in [9.17, 15) is 0 Å². The Balaban J connectivity index is 2.48. The topological polar surface area (TPSA) is 51.0 Å². The minimum absolute atomic E-state index is 0.626. The number of nitrogens with one attached hydrogen (secondary N) is 1. The summed E-state index contributed by atoms with van der Waals surface area (Å²) in [7, 11) is 1.80. The molecule has 1 N–H and O–H groups in total. The Kier molecular flexibility index (Phi) is 2.18. The molecule has 4 heteroatoms. The third kappa shape index (κ3) is 1.59. The molecule has 0 spiro atoms. The number of aryl methyl sites for hydroxylation is 1. The minimum atomic E-state index is 0.626. The molecule has 0 unspecified atom stereocenters. The van der Waals surface area contributed by atoms with Gasteiger partial charge in [-0.25, -0.2) is 9.97 Å². The fourth-order valence-electron chi connectivity index (χ4n) is 1.24. The first-order chi connectivity index (χ1) is 6.79. The van der Waals surface area contributed by atoms with Gasteiger partial charge in [0, 0.05) is 18.3 Å². The summed E-state index contributed by atoms with van der Waals surface area (Å²) in [6, 6.07) is 3.80. The van der Waals surface area contributed by atoms with Gasteiger partial charge in [-0.1, -0.05) is 0 Å². The third-order valence-electron chi connectivity index (χ3n) is 1.89. The molecule has 72 valence electrons. The van der Waals surface area contributed by atoms with Crippen molar-refractivity contribution in [1.29, 1.82) is 0 Å². The molecule has 0 aliphatic rings. The summed E-state index contributed by atoms with van der Waals surface area (Å²) in [4.78, 5) is 8.52. The number of hydrogen-bond acceptors (Lipinski definition) is 4. The van der Waals surface area contributed by atoms with Crippen LogP contribution in [0.4, 0.5) is 5.95 Å². The number of nitrogens with zero attached hydrogens (tertiary/aromatic N) is 2. The van der Waals surface area contributed by atoms with Crippen LogP contribution in [0, 0.1) is 6.92 Å². The van der Waals surface area contributed by atoms with E-state index in [1.54, 1.807) is 19.6 Å². The van der Waals surface area contributed by atoms with Gasteiger partial charge in [-0.2, -0.15) is 0 Å². The van der Waals surface area contributed by atoms with Crippen molar-refractivity contribution in [2.75, 3.05) is 12.4 Å². The zero-order chi connectivity index (χ0) is 9.97. The van der Waals surface area contributed by atoms with Crippen molar-refractivity contribution < 1.29 is 4.42 Å². The van der Waals surface area contributed by atoms with Crippen LogP contribution >= 0.6 is 0 Å². The van der Waals surface area contributed by atoms with E-state index in [0.717, 1.165) is 17.0 Å². The highest BCUT2D eigenvalue weighted by molar-refractivity contribution is 5.59. The highest BCUT2D eigenvalue weighted by atomic mass is 16.3. The Labute approximate surface area is 82.0 Å². The van der Waals surface area contributed by atoms with Crippen molar-refractivity contribution in [3.05, 3.63) is 30.4 Å². The number of rotatable bonds is 2. The second kappa shape index (κ2) is 3.49. The zero-order valence-electron chi connectivity index (χ0n) is 8.11. The minimum Gasteiger partial charge on any atom is -0.472 e. The lowest BCUT2D eigenvalue weighted by atomic mass is 10.2. The van der Waals surface area contributed by atoms with Crippen LogP contribution in [0.25, 0.3) is 11.3 Å². The van der Waals surface area contributed by atoms with Crippen molar-refractivity contribution in [2.24, 2.45) is 0 Å².